The van der Waals surface area contributed by atoms with Gasteiger partial charge in [0, 0.05) is 19.7 Å². The molecule has 1 aromatic rings. The lowest BCUT2D eigenvalue weighted by Crippen LogP contribution is -2.33. The summed E-state index contributed by atoms with van der Waals surface area (Å²) in [7, 11) is 0. The molecule has 0 spiro atoms. The molecule has 1 saturated heterocycles. The lowest BCUT2D eigenvalue weighted by atomic mass is 10.1. The minimum absolute atomic E-state index is 0.0369. The molecule has 0 saturated carbocycles. The summed E-state index contributed by atoms with van der Waals surface area (Å²) in [5.74, 6) is 1.29. The van der Waals surface area contributed by atoms with Gasteiger partial charge in [0.25, 0.3) is 5.91 Å². The van der Waals surface area contributed by atoms with Crippen LogP contribution in [-0.4, -0.2) is 42.2 Å². The third-order valence-electron chi connectivity index (χ3n) is 4.12. The fourth-order valence-corrected chi connectivity index (χ4v) is 3.10. The third-order valence-corrected chi connectivity index (χ3v) is 4.12. The normalized spacial score (nSPS) is 18.1. The van der Waals surface area contributed by atoms with E-state index in [-0.39, 0.29) is 19.1 Å². The van der Waals surface area contributed by atoms with Crippen LogP contribution in [0.2, 0.25) is 0 Å². The monoisotopic (exact) mass is 291 g/mol. The average Bonchev–Trinajstić information content (AvgIpc) is 2.86. The highest BCUT2D eigenvalue weighted by Gasteiger charge is 2.26. The van der Waals surface area contributed by atoms with Gasteiger partial charge in [0.1, 0.15) is 5.75 Å². The molecule has 1 aliphatic heterocycles. The maximum Gasteiger partial charge on any atom is 0.260 e. The van der Waals surface area contributed by atoms with E-state index in [9.17, 15) is 4.79 Å². The minimum atomic E-state index is 0.0369. The van der Waals surface area contributed by atoms with E-state index in [2.05, 4.69) is 19.1 Å². The van der Waals surface area contributed by atoms with Gasteiger partial charge in [-0.1, -0.05) is 17.7 Å². The van der Waals surface area contributed by atoms with Gasteiger partial charge in [0.15, 0.2) is 6.61 Å². The summed E-state index contributed by atoms with van der Waals surface area (Å²) in [6.07, 6.45) is 1.76. The number of hydrogen-bond donors (Lipinski definition) is 1. The number of aryl methyl sites for hydroxylation is 3. The van der Waals surface area contributed by atoms with Crippen LogP contribution in [0.1, 0.15) is 29.5 Å². The lowest BCUT2D eigenvalue weighted by Gasteiger charge is -2.18. The first-order valence-corrected chi connectivity index (χ1v) is 7.60. The molecule has 2 rings (SSSR count). The number of benzene rings is 1. The summed E-state index contributed by atoms with van der Waals surface area (Å²) in [6.45, 7) is 7.88. The first kappa shape index (κ1) is 15.8. The lowest BCUT2D eigenvalue weighted by molar-refractivity contribution is -0.132. The predicted octanol–water partition coefficient (Wildman–Crippen LogP) is 2.22. The molecule has 1 aliphatic rings. The van der Waals surface area contributed by atoms with E-state index >= 15 is 0 Å². The average molecular weight is 291 g/mol. The molecule has 1 aromatic carbocycles. The predicted molar refractivity (Wildman–Crippen MR) is 82.5 cm³/mol. The number of likely N-dealkylation sites (tertiary alicyclic amines) is 1. The van der Waals surface area contributed by atoms with Crippen LogP contribution >= 0.6 is 0 Å². The van der Waals surface area contributed by atoms with Gasteiger partial charge in [-0.15, -0.1) is 0 Å². The number of nitrogens with zero attached hydrogens (tertiary/aromatic N) is 1. The Labute approximate surface area is 126 Å². The minimum Gasteiger partial charge on any atom is -0.483 e. The van der Waals surface area contributed by atoms with Crippen LogP contribution in [0.4, 0.5) is 0 Å². The van der Waals surface area contributed by atoms with Gasteiger partial charge in [-0.25, -0.2) is 0 Å². The third kappa shape index (κ3) is 3.97. The van der Waals surface area contributed by atoms with E-state index in [1.54, 1.807) is 0 Å². The standard InChI is InChI=1S/C17H25NO3/c1-12-8-13(2)17(14(3)9-12)21-11-16(20)18-6-4-15(10-18)5-7-19/h8-9,15,19H,4-7,10-11H2,1-3H3. The fraction of sp³-hybridized carbons (Fsp3) is 0.588. The van der Waals surface area contributed by atoms with Gasteiger partial charge >= 0.3 is 0 Å². The number of aliphatic hydroxyl groups is 1. The summed E-state index contributed by atoms with van der Waals surface area (Å²) < 4.78 is 5.75. The Hall–Kier alpha value is -1.55. The van der Waals surface area contributed by atoms with Gasteiger partial charge in [-0.3, -0.25) is 4.79 Å². The maximum absolute atomic E-state index is 12.2. The second-order valence-electron chi connectivity index (χ2n) is 6.02. The molecule has 0 radical (unpaired) electrons. The van der Waals surface area contributed by atoms with E-state index in [0.29, 0.717) is 5.92 Å². The van der Waals surface area contributed by atoms with E-state index in [1.807, 2.05) is 18.7 Å². The Bertz CT molecular complexity index is 490. The highest BCUT2D eigenvalue weighted by molar-refractivity contribution is 5.78. The van der Waals surface area contributed by atoms with Crippen LogP contribution in [0.25, 0.3) is 0 Å². The van der Waals surface area contributed by atoms with Gasteiger partial charge < -0.3 is 14.7 Å². The molecule has 4 nitrogen and oxygen atoms in total. The number of rotatable bonds is 5. The molecule has 1 N–H and O–H groups in total. The molecule has 1 atom stereocenters. The number of carbonyl (C=O) groups excluding carboxylic acids is 1. The first-order chi connectivity index (χ1) is 10.0. The fourth-order valence-electron chi connectivity index (χ4n) is 3.10. The van der Waals surface area contributed by atoms with Crippen LogP contribution in [-0.2, 0) is 4.79 Å². The molecule has 1 unspecified atom stereocenters. The molecule has 0 bridgehead atoms. The van der Waals surface area contributed by atoms with Crippen molar-refractivity contribution in [3.63, 3.8) is 0 Å². The molecule has 1 fully saturated rings. The molecule has 0 aromatic heterocycles. The van der Waals surface area contributed by atoms with E-state index in [4.69, 9.17) is 9.84 Å². The van der Waals surface area contributed by atoms with Crippen molar-refractivity contribution >= 4 is 5.91 Å². The van der Waals surface area contributed by atoms with Crippen LogP contribution in [0.3, 0.4) is 0 Å². The van der Waals surface area contributed by atoms with Gasteiger partial charge in [-0.05, 0) is 50.7 Å². The summed E-state index contributed by atoms with van der Waals surface area (Å²) in [5, 5.41) is 8.96. The molecule has 21 heavy (non-hydrogen) atoms. The number of ether oxygens (including phenoxy) is 1. The smallest absolute Gasteiger partial charge is 0.260 e. The summed E-state index contributed by atoms with van der Waals surface area (Å²) in [6, 6.07) is 4.14. The van der Waals surface area contributed by atoms with Crippen molar-refractivity contribution in [1.82, 2.24) is 4.90 Å². The van der Waals surface area contributed by atoms with E-state index in [0.717, 1.165) is 42.8 Å². The number of amides is 1. The van der Waals surface area contributed by atoms with Crippen LogP contribution in [0, 0.1) is 26.7 Å². The number of hydrogen-bond acceptors (Lipinski definition) is 3. The topological polar surface area (TPSA) is 49.8 Å². The molecular formula is C17H25NO3. The van der Waals surface area contributed by atoms with Crippen molar-refractivity contribution in [1.29, 1.82) is 0 Å². The Morgan fingerprint density at radius 3 is 2.62 bits per heavy atom. The second-order valence-corrected chi connectivity index (χ2v) is 6.02. The number of aliphatic hydroxyl groups excluding tert-OH is 1. The maximum atomic E-state index is 12.2. The number of carbonyl (C=O) groups is 1. The SMILES string of the molecule is Cc1cc(C)c(OCC(=O)N2CCC(CCO)C2)c(C)c1. The van der Waals surface area contributed by atoms with Crippen molar-refractivity contribution in [2.75, 3.05) is 26.3 Å². The molecule has 116 valence electrons. The van der Waals surface area contributed by atoms with E-state index < -0.39 is 0 Å². The Morgan fingerprint density at radius 1 is 1.33 bits per heavy atom. The Kier molecular flexibility index (Phi) is 5.23. The van der Waals surface area contributed by atoms with Crippen molar-refractivity contribution in [2.24, 2.45) is 5.92 Å². The molecule has 1 heterocycles. The molecular weight excluding hydrogens is 266 g/mol. The van der Waals surface area contributed by atoms with Crippen molar-refractivity contribution < 1.29 is 14.6 Å². The largest absolute Gasteiger partial charge is 0.483 e. The summed E-state index contributed by atoms with van der Waals surface area (Å²) in [4.78, 5) is 14.0. The van der Waals surface area contributed by atoms with Crippen LogP contribution < -0.4 is 4.74 Å². The van der Waals surface area contributed by atoms with Crippen molar-refractivity contribution in [2.45, 2.75) is 33.6 Å². The van der Waals surface area contributed by atoms with Crippen LogP contribution in [0.5, 0.6) is 5.75 Å². The molecule has 1 amide bonds. The zero-order valence-corrected chi connectivity index (χ0v) is 13.2. The first-order valence-electron chi connectivity index (χ1n) is 7.60. The Balaban J connectivity index is 1.90. The van der Waals surface area contributed by atoms with Gasteiger partial charge in [0.05, 0.1) is 0 Å². The quantitative estimate of drug-likeness (QED) is 0.905. The van der Waals surface area contributed by atoms with Gasteiger partial charge in [-0.2, -0.15) is 0 Å². The van der Waals surface area contributed by atoms with Crippen molar-refractivity contribution in [3.05, 3.63) is 28.8 Å². The molecule has 0 aliphatic carbocycles. The summed E-state index contributed by atoms with van der Waals surface area (Å²) in [5.41, 5.74) is 3.34. The second kappa shape index (κ2) is 6.94. The highest BCUT2D eigenvalue weighted by Crippen LogP contribution is 2.25. The summed E-state index contributed by atoms with van der Waals surface area (Å²) >= 11 is 0. The van der Waals surface area contributed by atoms with Crippen molar-refractivity contribution in [3.8, 4) is 5.75 Å². The highest BCUT2D eigenvalue weighted by atomic mass is 16.5. The zero-order chi connectivity index (χ0) is 15.4. The Morgan fingerprint density at radius 2 is 2.00 bits per heavy atom. The van der Waals surface area contributed by atoms with E-state index in [1.165, 1.54) is 5.56 Å². The zero-order valence-electron chi connectivity index (χ0n) is 13.2. The molecule has 4 heteroatoms. The van der Waals surface area contributed by atoms with Gasteiger partial charge in [0.2, 0.25) is 0 Å². The van der Waals surface area contributed by atoms with Crippen LogP contribution in [0.15, 0.2) is 12.1 Å².